The van der Waals surface area contributed by atoms with Crippen molar-refractivity contribution < 1.29 is 27.9 Å². The number of aryl methyl sites for hydroxylation is 1. The molecule has 1 unspecified atom stereocenters. The summed E-state index contributed by atoms with van der Waals surface area (Å²) in [6.07, 6.45) is 2.65. The standard InChI is InChI=1S/C21H27F3O3/c22-21(23,24)17-7-5-6-15(14-17)10-11-16-12-13-19(25)18(16)8-3-1-2-4-9-20(26)27/h5-7,14,16,18H,1-4,8-13H2,(H,26,27)/t16-,18?/m0/s1. The van der Waals surface area contributed by atoms with Gasteiger partial charge in [0.25, 0.3) is 0 Å². The van der Waals surface area contributed by atoms with Crippen molar-refractivity contribution in [3.8, 4) is 0 Å². The summed E-state index contributed by atoms with van der Waals surface area (Å²) in [6.45, 7) is 0. The fraction of sp³-hybridized carbons (Fsp3) is 0.619. The van der Waals surface area contributed by atoms with E-state index in [0.717, 1.165) is 44.6 Å². The Hall–Kier alpha value is -1.85. The molecule has 1 aromatic rings. The third-order valence-corrected chi connectivity index (χ3v) is 5.46. The summed E-state index contributed by atoms with van der Waals surface area (Å²) < 4.78 is 38.5. The van der Waals surface area contributed by atoms with Gasteiger partial charge in [0.1, 0.15) is 5.78 Å². The number of ketones is 1. The molecule has 1 saturated carbocycles. The van der Waals surface area contributed by atoms with Crippen LogP contribution in [0.2, 0.25) is 0 Å². The zero-order chi connectivity index (χ0) is 19.9. The van der Waals surface area contributed by atoms with E-state index < -0.39 is 17.7 Å². The lowest BCUT2D eigenvalue weighted by Crippen LogP contribution is -2.15. The molecule has 1 aliphatic carbocycles. The predicted octanol–water partition coefficient (Wildman–Crippen LogP) is 5.66. The molecule has 0 bridgehead atoms. The zero-order valence-corrected chi connectivity index (χ0v) is 15.4. The number of carboxylic acids is 1. The van der Waals surface area contributed by atoms with E-state index in [0.29, 0.717) is 24.8 Å². The monoisotopic (exact) mass is 384 g/mol. The highest BCUT2D eigenvalue weighted by Crippen LogP contribution is 2.36. The van der Waals surface area contributed by atoms with E-state index in [9.17, 15) is 22.8 Å². The van der Waals surface area contributed by atoms with Crippen LogP contribution >= 0.6 is 0 Å². The lowest BCUT2D eigenvalue weighted by Gasteiger charge is -2.18. The van der Waals surface area contributed by atoms with Crippen molar-refractivity contribution in [2.75, 3.05) is 0 Å². The van der Waals surface area contributed by atoms with Crippen LogP contribution in [0.5, 0.6) is 0 Å². The van der Waals surface area contributed by atoms with Crippen molar-refractivity contribution in [2.45, 2.75) is 70.4 Å². The summed E-state index contributed by atoms with van der Waals surface area (Å²) in [5.41, 5.74) is 0.0389. The second kappa shape index (κ2) is 9.90. The van der Waals surface area contributed by atoms with Gasteiger partial charge in [-0.25, -0.2) is 0 Å². The number of hydrogen-bond acceptors (Lipinski definition) is 2. The van der Waals surface area contributed by atoms with Gasteiger partial charge in [0.15, 0.2) is 0 Å². The van der Waals surface area contributed by atoms with Crippen LogP contribution in [0.3, 0.4) is 0 Å². The molecule has 0 heterocycles. The van der Waals surface area contributed by atoms with Crippen LogP contribution in [0, 0.1) is 11.8 Å². The summed E-state index contributed by atoms with van der Waals surface area (Å²) >= 11 is 0. The predicted molar refractivity (Wildman–Crippen MR) is 96.3 cm³/mol. The molecule has 1 fully saturated rings. The van der Waals surface area contributed by atoms with Gasteiger partial charge >= 0.3 is 12.1 Å². The Balaban J connectivity index is 1.79. The topological polar surface area (TPSA) is 54.4 Å². The molecule has 150 valence electrons. The number of carbonyl (C=O) groups excluding carboxylic acids is 1. The number of halogens is 3. The Morgan fingerprint density at radius 3 is 2.56 bits per heavy atom. The largest absolute Gasteiger partial charge is 0.481 e. The summed E-state index contributed by atoms with van der Waals surface area (Å²) in [6, 6.07) is 5.43. The van der Waals surface area contributed by atoms with Crippen molar-refractivity contribution in [3.63, 3.8) is 0 Å². The molecule has 0 saturated heterocycles. The maximum atomic E-state index is 12.8. The van der Waals surface area contributed by atoms with Gasteiger partial charge in [0, 0.05) is 18.8 Å². The minimum atomic E-state index is -4.33. The Morgan fingerprint density at radius 2 is 1.85 bits per heavy atom. The summed E-state index contributed by atoms with van der Waals surface area (Å²) in [5, 5.41) is 8.62. The first-order valence-corrected chi connectivity index (χ1v) is 9.68. The van der Waals surface area contributed by atoms with E-state index in [2.05, 4.69) is 0 Å². The van der Waals surface area contributed by atoms with Crippen LogP contribution in [0.4, 0.5) is 13.2 Å². The highest BCUT2D eigenvalue weighted by molar-refractivity contribution is 5.83. The van der Waals surface area contributed by atoms with E-state index in [-0.39, 0.29) is 24.0 Å². The Bertz CT molecular complexity index is 640. The first-order chi connectivity index (χ1) is 12.8. The molecule has 0 radical (unpaired) electrons. The Labute approximate surface area is 158 Å². The SMILES string of the molecule is O=C(O)CCCCCCC1C(=O)CC[C@@H]1CCc1cccc(C(F)(F)F)c1. The highest BCUT2D eigenvalue weighted by atomic mass is 19.4. The number of rotatable bonds is 10. The lowest BCUT2D eigenvalue weighted by atomic mass is 9.86. The number of unbranched alkanes of at least 4 members (excludes halogenated alkanes) is 3. The quantitative estimate of drug-likeness (QED) is 0.530. The van der Waals surface area contributed by atoms with Gasteiger partial charge in [0.2, 0.25) is 0 Å². The van der Waals surface area contributed by atoms with Crippen LogP contribution < -0.4 is 0 Å². The van der Waals surface area contributed by atoms with Crippen molar-refractivity contribution in [1.29, 1.82) is 0 Å². The van der Waals surface area contributed by atoms with Crippen LogP contribution in [0.1, 0.15) is 68.9 Å². The minimum Gasteiger partial charge on any atom is -0.481 e. The van der Waals surface area contributed by atoms with Crippen LogP contribution in [-0.2, 0) is 22.2 Å². The van der Waals surface area contributed by atoms with Gasteiger partial charge in [-0.3, -0.25) is 9.59 Å². The van der Waals surface area contributed by atoms with E-state index in [1.165, 1.54) is 12.1 Å². The fourth-order valence-corrected chi connectivity index (χ4v) is 3.97. The molecule has 3 nitrogen and oxygen atoms in total. The van der Waals surface area contributed by atoms with Gasteiger partial charge < -0.3 is 5.11 Å². The van der Waals surface area contributed by atoms with Crippen molar-refractivity contribution in [1.82, 2.24) is 0 Å². The van der Waals surface area contributed by atoms with Crippen LogP contribution in [0.25, 0.3) is 0 Å². The maximum absolute atomic E-state index is 12.8. The molecule has 1 aliphatic rings. The first-order valence-electron chi connectivity index (χ1n) is 9.68. The minimum absolute atomic E-state index is 0.00951. The molecule has 0 aliphatic heterocycles. The van der Waals surface area contributed by atoms with Crippen molar-refractivity contribution in [2.24, 2.45) is 11.8 Å². The van der Waals surface area contributed by atoms with Gasteiger partial charge in [-0.2, -0.15) is 13.2 Å². The summed E-state index contributed by atoms with van der Waals surface area (Å²) in [7, 11) is 0. The zero-order valence-electron chi connectivity index (χ0n) is 15.4. The lowest BCUT2D eigenvalue weighted by molar-refractivity contribution is -0.138. The van der Waals surface area contributed by atoms with Crippen LogP contribution in [-0.4, -0.2) is 16.9 Å². The summed E-state index contributed by atoms with van der Waals surface area (Å²) in [4.78, 5) is 22.6. The molecule has 0 spiro atoms. The molecule has 2 atom stereocenters. The number of carbonyl (C=O) groups is 2. The number of alkyl halides is 3. The molecule has 1 N–H and O–H groups in total. The summed E-state index contributed by atoms with van der Waals surface area (Å²) in [5.74, 6) is -0.258. The second-order valence-electron chi connectivity index (χ2n) is 7.45. The van der Waals surface area contributed by atoms with Crippen LogP contribution in [0.15, 0.2) is 24.3 Å². The molecule has 27 heavy (non-hydrogen) atoms. The average molecular weight is 384 g/mol. The van der Waals surface area contributed by atoms with Gasteiger partial charge in [-0.15, -0.1) is 0 Å². The maximum Gasteiger partial charge on any atom is 0.416 e. The van der Waals surface area contributed by atoms with Gasteiger partial charge in [0.05, 0.1) is 5.56 Å². The van der Waals surface area contributed by atoms with Gasteiger partial charge in [-0.1, -0.05) is 37.5 Å². The number of hydrogen-bond donors (Lipinski definition) is 1. The van der Waals surface area contributed by atoms with E-state index in [4.69, 9.17) is 5.11 Å². The smallest absolute Gasteiger partial charge is 0.416 e. The molecule has 6 heteroatoms. The van der Waals surface area contributed by atoms with Crippen molar-refractivity contribution >= 4 is 11.8 Å². The number of aliphatic carboxylic acids is 1. The van der Waals surface area contributed by atoms with E-state index in [1.54, 1.807) is 6.07 Å². The van der Waals surface area contributed by atoms with Crippen molar-refractivity contribution in [3.05, 3.63) is 35.4 Å². The number of Topliss-reactive ketones (excluding diaryl/α,β-unsaturated/α-hetero) is 1. The van der Waals surface area contributed by atoms with E-state index in [1.807, 2.05) is 0 Å². The van der Waals surface area contributed by atoms with E-state index >= 15 is 0 Å². The number of benzene rings is 1. The van der Waals surface area contributed by atoms with Gasteiger partial charge in [-0.05, 0) is 49.7 Å². The fourth-order valence-electron chi connectivity index (χ4n) is 3.97. The molecule has 1 aromatic carbocycles. The number of carboxylic acid groups (broad SMARTS) is 1. The average Bonchev–Trinajstić information content (AvgIpc) is 2.95. The highest BCUT2D eigenvalue weighted by Gasteiger charge is 2.34. The third kappa shape index (κ3) is 7.00. The first kappa shape index (κ1) is 21.5. The molecular formula is C21H27F3O3. The molecular weight excluding hydrogens is 357 g/mol. The second-order valence-corrected chi connectivity index (χ2v) is 7.45. The Kier molecular flexibility index (Phi) is 7.87. The molecule has 0 aromatic heterocycles. The molecule has 0 amide bonds. The molecule has 2 rings (SSSR count). The third-order valence-electron chi connectivity index (χ3n) is 5.46. The normalized spacial score (nSPS) is 20.2. The Morgan fingerprint density at radius 1 is 1.11 bits per heavy atom.